The molecule has 92 valence electrons. The highest BCUT2D eigenvalue weighted by atomic mass is 35.5. The van der Waals surface area contributed by atoms with Gasteiger partial charge in [-0.2, -0.15) is 0 Å². The molecule has 1 nitrogen and oxygen atoms in total. The quantitative estimate of drug-likeness (QED) is 0.779. The van der Waals surface area contributed by atoms with E-state index in [9.17, 15) is 4.79 Å². The van der Waals surface area contributed by atoms with E-state index in [1.807, 2.05) is 0 Å². The lowest BCUT2D eigenvalue weighted by molar-refractivity contribution is -0.123. The zero-order valence-corrected chi connectivity index (χ0v) is 11.2. The lowest BCUT2D eigenvalue weighted by atomic mass is 9.84. The van der Waals surface area contributed by atoms with Crippen LogP contribution in [-0.4, -0.2) is 5.78 Å². The molecule has 0 aromatic heterocycles. The topological polar surface area (TPSA) is 17.1 Å². The number of hydrogen-bond acceptors (Lipinski definition) is 1. The van der Waals surface area contributed by atoms with Crippen molar-refractivity contribution in [2.75, 3.05) is 0 Å². The molecule has 1 aliphatic rings. The van der Waals surface area contributed by atoms with Crippen molar-refractivity contribution >= 4 is 29.0 Å². The van der Waals surface area contributed by atoms with Gasteiger partial charge in [0.1, 0.15) is 5.78 Å². The molecule has 1 aromatic carbocycles. The first-order valence-corrected chi connectivity index (χ1v) is 6.89. The van der Waals surface area contributed by atoms with Gasteiger partial charge in [-0.25, -0.2) is 0 Å². The molecule has 0 aliphatic heterocycles. The molecule has 0 amide bonds. The van der Waals surface area contributed by atoms with Crippen molar-refractivity contribution in [2.24, 2.45) is 5.92 Å². The summed E-state index contributed by atoms with van der Waals surface area (Å²) in [4.78, 5) is 12.1. The Balaban J connectivity index is 2.04. The van der Waals surface area contributed by atoms with Crippen LogP contribution in [0, 0.1) is 5.92 Å². The molecule has 0 bridgehead atoms. The lowest BCUT2D eigenvalue weighted by Gasteiger charge is -2.20. The summed E-state index contributed by atoms with van der Waals surface area (Å²) in [5.41, 5.74) is 0.856. The average molecular weight is 271 g/mol. The summed E-state index contributed by atoms with van der Waals surface area (Å²) < 4.78 is 0. The maximum atomic E-state index is 12.1. The molecular formula is C14H16Cl2O. The van der Waals surface area contributed by atoms with E-state index in [0.717, 1.165) is 18.4 Å². The van der Waals surface area contributed by atoms with Crippen molar-refractivity contribution in [3.8, 4) is 0 Å². The second kappa shape index (κ2) is 5.88. The van der Waals surface area contributed by atoms with Gasteiger partial charge in [0.25, 0.3) is 0 Å². The van der Waals surface area contributed by atoms with Crippen molar-refractivity contribution in [1.29, 1.82) is 0 Å². The summed E-state index contributed by atoms with van der Waals surface area (Å²) in [6, 6.07) is 5.30. The largest absolute Gasteiger partial charge is 0.299 e. The van der Waals surface area contributed by atoms with Crippen molar-refractivity contribution in [3.05, 3.63) is 33.8 Å². The van der Waals surface area contributed by atoms with Gasteiger partial charge in [0, 0.05) is 22.4 Å². The highest BCUT2D eigenvalue weighted by Gasteiger charge is 2.21. The number of carbonyl (C=O) groups is 1. The minimum Gasteiger partial charge on any atom is -0.299 e. The third-order valence-corrected chi connectivity index (χ3v) is 4.04. The molecule has 0 saturated heterocycles. The molecule has 1 fully saturated rings. The van der Waals surface area contributed by atoms with Gasteiger partial charge in [0.15, 0.2) is 0 Å². The Labute approximate surface area is 112 Å². The molecule has 3 heteroatoms. The highest BCUT2D eigenvalue weighted by molar-refractivity contribution is 6.33. The average Bonchev–Trinajstić information content (AvgIpc) is 2.35. The summed E-state index contributed by atoms with van der Waals surface area (Å²) in [5, 5.41) is 1.28. The number of carbonyl (C=O) groups excluding carboxylic acids is 1. The van der Waals surface area contributed by atoms with Crippen LogP contribution in [0.1, 0.15) is 37.7 Å². The number of ketones is 1. The molecule has 17 heavy (non-hydrogen) atoms. The Bertz CT molecular complexity index is 409. The maximum Gasteiger partial charge on any atom is 0.140 e. The molecular weight excluding hydrogens is 255 g/mol. The lowest BCUT2D eigenvalue weighted by Crippen LogP contribution is -2.19. The van der Waals surface area contributed by atoms with Gasteiger partial charge in [-0.15, -0.1) is 0 Å². The van der Waals surface area contributed by atoms with Crippen LogP contribution in [0.2, 0.25) is 10.0 Å². The number of benzene rings is 1. The predicted molar refractivity (Wildman–Crippen MR) is 71.7 cm³/mol. The number of Topliss-reactive ketones (excluding diaryl/α,β-unsaturated/α-hetero) is 1. The first-order chi connectivity index (χ1) is 8.16. The molecule has 0 spiro atoms. The van der Waals surface area contributed by atoms with E-state index in [1.54, 1.807) is 18.2 Å². The molecule has 0 atom stereocenters. The Morgan fingerprint density at radius 1 is 1.18 bits per heavy atom. The van der Waals surface area contributed by atoms with Gasteiger partial charge >= 0.3 is 0 Å². The van der Waals surface area contributed by atoms with E-state index in [2.05, 4.69) is 0 Å². The minimum atomic E-state index is 0.235. The molecule has 0 N–H and O–H groups in total. The van der Waals surface area contributed by atoms with E-state index in [4.69, 9.17) is 23.2 Å². The summed E-state index contributed by atoms with van der Waals surface area (Å²) in [5.74, 6) is 0.549. The summed E-state index contributed by atoms with van der Waals surface area (Å²) in [7, 11) is 0. The van der Waals surface area contributed by atoms with E-state index in [-0.39, 0.29) is 5.92 Å². The first kappa shape index (κ1) is 12.9. The number of rotatable bonds is 3. The van der Waals surface area contributed by atoms with Gasteiger partial charge in [-0.1, -0.05) is 42.5 Å². The monoisotopic (exact) mass is 270 g/mol. The second-order valence-corrected chi connectivity index (χ2v) is 5.56. The van der Waals surface area contributed by atoms with Crippen molar-refractivity contribution in [3.63, 3.8) is 0 Å². The fraction of sp³-hybridized carbons (Fsp3) is 0.500. The van der Waals surface area contributed by atoms with Crippen molar-refractivity contribution in [2.45, 2.75) is 38.5 Å². The molecule has 2 rings (SSSR count). The van der Waals surface area contributed by atoms with Gasteiger partial charge in [0.2, 0.25) is 0 Å². The zero-order valence-electron chi connectivity index (χ0n) is 9.72. The van der Waals surface area contributed by atoms with Gasteiger partial charge < -0.3 is 0 Å². The van der Waals surface area contributed by atoms with E-state index in [0.29, 0.717) is 22.2 Å². The van der Waals surface area contributed by atoms with Crippen molar-refractivity contribution in [1.82, 2.24) is 0 Å². The number of halogens is 2. The highest BCUT2D eigenvalue weighted by Crippen LogP contribution is 2.27. The molecule has 0 heterocycles. The van der Waals surface area contributed by atoms with E-state index >= 15 is 0 Å². The minimum absolute atomic E-state index is 0.235. The summed E-state index contributed by atoms with van der Waals surface area (Å²) in [6.07, 6.45) is 6.12. The van der Waals surface area contributed by atoms with Gasteiger partial charge in [0.05, 0.1) is 0 Å². The normalized spacial score (nSPS) is 17.1. The first-order valence-electron chi connectivity index (χ1n) is 6.13. The molecule has 1 aromatic rings. The maximum absolute atomic E-state index is 12.1. The third kappa shape index (κ3) is 3.46. The fourth-order valence-electron chi connectivity index (χ4n) is 2.44. The second-order valence-electron chi connectivity index (χ2n) is 4.71. The molecule has 1 saturated carbocycles. The number of hydrogen-bond donors (Lipinski definition) is 0. The van der Waals surface area contributed by atoms with Crippen LogP contribution in [-0.2, 0) is 11.2 Å². The molecule has 0 unspecified atom stereocenters. The fourth-order valence-corrected chi connectivity index (χ4v) is 2.81. The zero-order chi connectivity index (χ0) is 12.3. The standard InChI is InChI=1S/C14H16Cl2O/c15-12-6-7-13(16)11(8-12)9-14(17)10-4-2-1-3-5-10/h6-8,10H,1-5,9H2. The Hall–Kier alpha value is -0.530. The predicted octanol–water partition coefficient (Wildman–Crippen LogP) is 4.69. The van der Waals surface area contributed by atoms with Crippen LogP contribution in [0.3, 0.4) is 0 Å². The molecule has 1 aliphatic carbocycles. The van der Waals surface area contributed by atoms with Gasteiger partial charge in [-0.05, 0) is 36.6 Å². The Morgan fingerprint density at radius 2 is 1.88 bits per heavy atom. The van der Waals surface area contributed by atoms with Crippen LogP contribution in [0.4, 0.5) is 0 Å². The van der Waals surface area contributed by atoms with Gasteiger partial charge in [-0.3, -0.25) is 4.79 Å². The van der Waals surface area contributed by atoms with Crippen molar-refractivity contribution < 1.29 is 4.79 Å². The SMILES string of the molecule is O=C(Cc1cc(Cl)ccc1Cl)C1CCCCC1. The van der Waals surface area contributed by atoms with Crippen LogP contribution in [0.15, 0.2) is 18.2 Å². The Kier molecular flexibility index (Phi) is 4.47. The summed E-state index contributed by atoms with van der Waals surface area (Å²) >= 11 is 12.0. The van der Waals surface area contributed by atoms with E-state index in [1.165, 1.54) is 19.3 Å². The molecule has 0 radical (unpaired) electrons. The van der Waals surface area contributed by atoms with Crippen LogP contribution < -0.4 is 0 Å². The summed E-state index contributed by atoms with van der Waals surface area (Å²) in [6.45, 7) is 0. The van der Waals surface area contributed by atoms with Crippen LogP contribution in [0.25, 0.3) is 0 Å². The van der Waals surface area contributed by atoms with Crippen LogP contribution >= 0.6 is 23.2 Å². The Morgan fingerprint density at radius 3 is 2.59 bits per heavy atom. The smallest absolute Gasteiger partial charge is 0.140 e. The van der Waals surface area contributed by atoms with Crippen LogP contribution in [0.5, 0.6) is 0 Å². The van der Waals surface area contributed by atoms with E-state index < -0.39 is 0 Å². The third-order valence-electron chi connectivity index (χ3n) is 3.43.